The number of carbonyl (C=O) groups is 1. The molecule has 1 amide bonds. The number of nitrogens with two attached hydrogens (primary N) is 1. The Kier molecular flexibility index (Phi) is 4.49. The van der Waals surface area contributed by atoms with Gasteiger partial charge in [0.1, 0.15) is 10.8 Å². The van der Waals surface area contributed by atoms with Crippen LogP contribution in [0.3, 0.4) is 0 Å². The third kappa shape index (κ3) is 4.25. The van der Waals surface area contributed by atoms with Crippen LogP contribution in [0.15, 0.2) is 36.4 Å². The lowest BCUT2D eigenvalue weighted by molar-refractivity contribution is -0.114. The van der Waals surface area contributed by atoms with E-state index in [9.17, 15) is 4.79 Å². The molecule has 2 rings (SSSR count). The molecule has 2 aromatic rings. The van der Waals surface area contributed by atoms with Crippen LogP contribution in [0.25, 0.3) is 0 Å². The highest BCUT2D eigenvalue weighted by Crippen LogP contribution is 2.20. The van der Waals surface area contributed by atoms with Gasteiger partial charge >= 0.3 is 0 Å². The molecule has 0 unspecified atom stereocenters. The summed E-state index contributed by atoms with van der Waals surface area (Å²) in [6, 6.07) is 11.0. The van der Waals surface area contributed by atoms with Gasteiger partial charge in [0.2, 0.25) is 5.91 Å². The number of pyridine rings is 1. The van der Waals surface area contributed by atoms with Crippen LogP contribution in [-0.2, 0) is 4.79 Å². The topological polar surface area (TPSA) is 80.0 Å². The van der Waals surface area contributed by atoms with Gasteiger partial charge in [-0.1, -0.05) is 18.3 Å². The minimum Gasteiger partial charge on any atom is -0.389 e. The van der Waals surface area contributed by atoms with Crippen molar-refractivity contribution in [3.05, 3.63) is 47.7 Å². The fraction of sp³-hybridized carbons (Fsp3) is 0.133. The Balaban J connectivity index is 2.25. The van der Waals surface area contributed by atoms with Crippen LogP contribution in [-0.4, -0.2) is 15.9 Å². The lowest BCUT2D eigenvalue weighted by Crippen LogP contribution is -2.11. The molecule has 4 N–H and O–H groups in total. The maximum absolute atomic E-state index is 11.1. The summed E-state index contributed by atoms with van der Waals surface area (Å²) in [5.41, 5.74) is 8.77. The number of nitrogens with one attached hydrogen (secondary N) is 2. The number of rotatable bonds is 4. The van der Waals surface area contributed by atoms with Gasteiger partial charge in [0.15, 0.2) is 0 Å². The average Bonchev–Trinajstić information content (AvgIpc) is 2.37. The predicted molar refractivity (Wildman–Crippen MR) is 88.9 cm³/mol. The van der Waals surface area contributed by atoms with E-state index in [4.69, 9.17) is 18.0 Å². The van der Waals surface area contributed by atoms with Crippen molar-refractivity contribution in [3.63, 3.8) is 0 Å². The monoisotopic (exact) mass is 300 g/mol. The number of hydrogen-bond acceptors (Lipinski definition) is 4. The number of aromatic nitrogens is 1. The Hall–Kier alpha value is -2.47. The SMILES string of the molecule is CC(=O)Nc1cccc(Nc2cc(C(N)=S)cc(C)n2)c1. The van der Waals surface area contributed by atoms with Crippen LogP contribution < -0.4 is 16.4 Å². The van der Waals surface area contributed by atoms with Crippen molar-refractivity contribution in [2.75, 3.05) is 10.6 Å². The first-order valence-corrected chi connectivity index (χ1v) is 6.78. The second kappa shape index (κ2) is 6.32. The van der Waals surface area contributed by atoms with Crippen molar-refractivity contribution < 1.29 is 4.79 Å². The van der Waals surface area contributed by atoms with E-state index in [-0.39, 0.29) is 5.91 Å². The van der Waals surface area contributed by atoms with E-state index in [1.807, 2.05) is 37.3 Å². The zero-order chi connectivity index (χ0) is 15.4. The Morgan fingerprint density at radius 3 is 2.62 bits per heavy atom. The van der Waals surface area contributed by atoms with E-state index in [2.05, 4.69) is 15.6 Å². The quantitative estimate of drug-likeness (QED) is 0.757. The van der Waals surface area contributed by atoms with Crippen LogP contribution in [0.1, 0.15) is 18.2 Å². The van der Waals surface area contributed by atoms with Crippen LogP contribution >= 0.6 is 12.2 Å². The number of benzene rings is 1. The van der Waals surface area contributed by atoms with E-state index in [1.54, 1.807) is 6.07 Å². The van der Waals surface area contributed by atoms with Gasteiger partial charge in [-0.25, -0.2) is 4.98 Å². The molecule has 0 bridgehead atoms. The molecule has 108 valence electrons. The fourth-order valence-electron chi connectivity index (χ4n) is 1.90. The predicted octanol–water partition coefficient (Wildman–Crippen LogP) is 2.73. The molecule has 0 aliphatic rings. The first-order valence-electron chi connectivity index (χ1n) is 6.37. The second-order valence-corrected chi connectivity index (χ2v) is 5.07. The fourth-order valence-corrected chi connectivity index (χ4v) is 2.02. The molecule has 0 saturated heterocycles. The molecule has 1 aromatic carbocycles. The van der Waals surface area contributed by atoms with Gasteiger partial charge in [-0.05, 0) is 37.3 Å². The normalized spacial score (nSPS) is 10.0. The zero-order valence-electron chi connectivity index (χ0n) is 11.8. The molecule has 1 heterocycles. The summed E-state index contributed by atoms with van der Waals surface area (Å²) in [7, 11) is 0. The summed E-state index contributed by atoms with van der Waals surface area (Å²) in [4.78, 5) is 15.8. The molecular formula is C15H16N4OS. The van der Waals surface area contributed by atoms with Gasteiger partial charge in [-0.15, -0.1) is 0 Å². The molecule has 5 nitrogen and oxygen atoms in total. The van der Waals surface area contributed by atoms with E-state index >= 15 is 0 Å². The standard InChI is InChI=1S/C15H16N4OS/c1-9-6-11(15(16)21)7-14(17-9)19-13-5-3-4-12(8-13)18-10(2)20/h3-8H,1-2H3,(H2,16,21)(H,17,19)(H,18,20). The summed E-state index contributed by atoms with van der Waals surface area (Å²) < 4.78 is 0. The van der Waals surface area contributed by atoms with Crippen LogP contribution in [0, 0.1) is 6.92 Å². The smallest absolute Gasteiger partial charge is 0.221 e. The highest BCUT2D eigenvalue weighted by atomic mass is 32.1. The number of aryl methyl sites for hydroxylation is 1. The number of anilines is 3. The first-order chi connectivity index (χ1) is 9.94. The van der Waals surface area contributed by atoms with Crippen LogP contribution in [0.2, 0.25) is 0 Å². The molecule has 0 spiro atoms. The highest BCUT2D eigenvalue weighted by Gasteiger charge is 2.04. The Labute approximate surface area is 128 Å². The van der Waals surface area contributed by atoms with Gasteiger partial charge in [-0.3, -0.25) is 4.79 Å². The van der Waals surface area contributed by atoms with Crippen molar-refractivity contribution >= 4 is 40.3 Å². The van der Waals surface area contributed by atoms with Gasteiger partial charge in [0, 0.05) is 29.6 Å². The van der Waals surface area contributed by atoms with Crippen LogP contribution in [0.4, 0.5) is 17.2 Å². The van der Waals surface area contributed by atoms with Crippen molar-refractivity contribution in [2.24, 2.45) is 5.73 Å². The van der Waals surface area contributed by atoms with Crippen LogP contribution in [0.5, 0.6) is 0 Å². The summed E-state index contributed by atoms with van der Waals surface area (Å²) in [6.45, 7) is 3.34. The maximum atomic E-state index is 11.1. The number of nitrogens with zero attached hydrogens (tertiary/aromatic N) is 1. The third-order valence-corrected chi connectivity index (χ3v) is 2.93. The lowest BCUT2D eigenvalue weighted by atomic mass is 10.2. The molecule has 0 aliphatic heterocycles. The molecule has 21 heavy (non-hydrogen) atoms. The maximum Gasteiger partial charge on any atom is 0.221 e. The molecule has 1 aromatic heterocycles. The largest absolute Gasteiger partial charge is 0.389 e. The molecule has 0 aliphatic carbocycles. The van der Waals surface area contributed by atoms with Crippen molar-refractivity contribution in [1.82, 2.24) is 4.98 Å². The summed E-state index contributed by atoms with van der Waals surface area (Å²) in [6.07, 6.45) is 0. The number of amides is 1. The minimum atomic E-state index is -0.114. The molecule has 6 heteroatoms. The summed E-state index contributed by atoms with van der Waals surface area (Å²) in [5.74, 6) is 0.536. The van der Waals surface area contributed by atoms with Crippen molar-refractivity contribution in [3.8, 4) is 0 Å². The van der Waals surface area contributed by atoms with Gasteiger partial charge in [-0.2, -0.15) is 0 Å². The Morgan fingerprint density at radius 2 is 1.95 bits per heavy atom. The van der Waals surface area contributed by atoms with Gasteiger partial charge in [0.25, 0.3) is 0 Å². The Morgan fingerprint density at radius 1 is 1.24 bits per heavy atom. The molecule has 0 atom stereocenters. The minimum absolute atomic E-state index is 0.114. The zero-order valence-corrected chi connectivity index (χ0v) is 12.6. The van der Waals surface area contributed by atoms with Gasteiger partial charge in [0.05, 0.1) is 0 Å². The number of hydrogen-bond donors (Lipinski definition) is 3. The summed E-state index contributed by atoms with van der Waals surface area (Å²) in [5, 5.41) is 5.91. The van der Waals surface area contributed by atoms with Gasteiger partial charge < -0.3 is 16.4 Å². The average molecular weight is 300 g/mol. The molecular weight excluding hydrogens is 284 g/mol. The molecule has 0 radical (unpaired) electrons. The van der Waals surface area contributed by atoms with Crippen molar-refractivity contribution in [2.45, 2.75) is 13.8 Å². The summed E-state index contributed by atoms with van der Waals surface area (Å²) >= 11 is 4.99. The number of carbonyl (C=O) groups excluding carboxylic acids is 1. The molecule has 0 fully saturated rings. The van der Waals surface area contributed by atoms with E-state index < -0.39 is 0 Å². The van der Waals surface area contributed by atoms with E-state index in [0.717, 1.165) is 22.6 Å². The van der Waals surface area contributed by atoms with E-state index in [0.29, 0.717) is 10.8 Å². The highest BCUT2D eigenvalue weighted by molar-refractivity contribution is 7.80. The first kappa shape index (κ1) is 14.9. The third-order valence-electron chi connectivity index (χ3n) is 2.69. The number of thiocarbonyl (C=S) groups is 1. The van der Waals surface area contributed by atoms with Crippen molar-refractivity contribution in [1.29, 1.82) is 0 Å². The lowest BCUT2D eigenvalue weighted by Gasteiger charge is -2.10. The second-order valence-electron chi connectivity index (χ2n) is 4.63. The van der Waals surface area contributed by atoms with E-state index in [1.165, 1.54) is 6.92 Å². The Bertz CT molecular complexity index is 700. The molecule has 0 saturated carbocycles.